The van der Waals surface area contributed by atoms with E-state index in [0.29, 0.717) is 51.3 Å². The summed E-state index contributed by atoms with van der Waals surface area (Å²) in [6.07, 6.45) is 3.39. The standard InChI is InChI=1S/C45H52F2N6O4/c1-34(54)50-27-29-51(30-28-50)40-18-11-38(12-19-40)33-53(43(55)22-15-35-13-20-41(21-14-35)57-45(46)47)42(31-36-7-5-4-6-8-36)44(56)52-25-23-49(24-26-52)32-37-9-16-39(17-10-37)48(2)3/h4-22,42,45H,23-33H2,1-3H3. The Morgan fingerprint density at radius 1 is 0.719 bits per heavy atom. The molecule has 6 rings (SSSR count). The first kappa shape index (κ1) is 40.9. The zero-order valence-electron chi connectivity index (χ0n) is 33.0. The largest absolute Gasteiger partial charge is 0.435 e. The molecule has 0 spiro atoms. The summed E-state index contributed by atoms with van der Waals surface area (Å²) < 4.78 is 30.0. The molecule has 1 unspecified atom stereocenters. The Bertz CT molecular complexity index is 1940. The minimum atomic E-state index is -2.94. The third-order valence-corrected chi connectivity index (χ3v) is 10.7. The quantitative estimate of drug-likeness (QED) is 0.145. The molecule has 2 aliphatic heterocycles. The van der Waals surface area contributed by atoms with Crippen LogP contribution in [0.5, 0.6) is 5.75 Å². The predicted molar refractivity (Wildman–Crippen MR) is 220 cm³/mol. The summed E-state index contributed by atoms with van der Waals surface area (Å²) in [5, 5.41) is 0. The van der Waals surface area contributed by atoms with Gasteiger partial charge in [-0.25, -0.2) is 0 Å². The number of carbonyl (C=O) groups excluding carboxylic acids is 3. The highest BCUT2D eigenvalue weighted by Crippen LogP contribution is 2.23. The van der Waals surface area contributed by atoms with Gasteiger partial charge in [0.25, 0.3) is 0 Å². The van der Waals surface area contributed by atoms with Crippen molar-refractivity contribution in [3.63, 3.8) is 0 Å². The molecule has 2 heterocycles. The third kappa shape index (κ3) is 11.4. The molecule has 2 fully saturated rings. The molecule has 4 aromatic carbocycles. The number of amides is 3. The number of alkyl halides is 2. The molecule has 3 amide bonds. The van der Waals surface area contributed by atoms with E-state index in [-0.39, 0.29) is 30.0 Å². The van der Waals surface area contributed by atoms with Crippen LogP contribution in [0.2, 0.25) is 0 Å². The zero-order valence-corrected chi connectivity index (χ0v) is 33.0. The zero-order chi connectivity index (χ0) is 40.3. The lowest BCUT2D eigenvalue weighted by Gasteiger charge is -2.39. The van der Waals surface area contributed by atoms with Crippen LogP contribution < -0.4 is 14.5 Å². The fraction of sp³-hybridized carbons (Fsp3) is 0.356. The van der Waals surface area contributed by atoms with Crippen LogP contribution in [0, 0.1) is 0 Å². The van der Waals surface area contributed by atoms with Gasteiger partial charge in [-0.3, -0.25) is 19.3 Å². The van der Waals surface area contributed by atoms with Crippen LogP contribution in [0.1, 0.15) is 29.2 Å². The van der Waals surface area contributed by atoms with Gasteiger partial charge in [-0.05, 0) is 64.7 Å². The van der Waals surface area contributed by atoms with Gasteiger partial charge in [0.05, 0.1) is 0 Å². The molecule has 10 nitrogen and oxygen atoms in total. The first-order valence-corrected chi connectivity index (χ1v) is 19.5. The molecular weight excluding hydrogens is 727 g/mol. The number of benzene rings is 4. The number of nitrogens with zero attached hydrogens (tertiary/aromatic N) is 6. The molecule has 300 valence electrons. The van der Waals surface area contributed by atoms with Gasteiger partial charge in [-0.1, -0.05) is 66.7 Å². The highest BCUT2D eigenvalue weighted by atomic mass is 19.3. The van der Waals surface area contributed by atoms with Gasteiger partial charge in [0.1, 0.15) is 11.8 Å². The predicted octanol–water partition coefficient (Wildman–Crippen LogP) is 6.02. The van der Waals surface area contributed by atoms with E-state index in [1.54, 1.807) is 30.0 Å². The van der Waals surface area contributed by atoms with E-state index in [9.17, 15) is 23.2 Å². The molecular formula is C45H52F2N6O4. The summed E-state index contributed by atoms with van der Waals surface area (Å²) in [7, 11) is 4.04. The van der Waals surface area contributed by atoms with E-state index in [1.807, 2.05) is 78.5 Å². The second kappa shape index (κ2) is 19.4. The molecule has 2 saturated heterocycles. The van der Waals surface area contributed by atoms with Crippen molar-refractivity contribution in [1.29, 1.82) is 0 Å². The summed E-state index contributed by atoms with van der Waals surface area (Å²) >= 11 is 0. The van der Waals surface area contributed by atoms with Crippen LogP contribution in [0.3, 0.4) is 0 Å². The average molecular weight is 779 g/mol. The smallest absolute Gasteiger partial charge is 0.387 e. The van der Waals surface area contributed by atoms with Gasteiger partial charge in [0.2, 0.25) is 17.7 Å². The number of halogens is 2. The van der Waals surface area contributed by atoms with Gasteiger partial charge in [-0.15, -0.1) is 0 Å². The highest BCUT2D eigenvalue weighted by Gasteiger charge is 2.34. The van der Waals surface area contributed by atoms with Crippen molar-refractivity contribution in [2.45, 2.75) is 39.1 Å². The van der Waals surface area contributed by atoms with E-state index < -0.39 is 12.7 Å². The van der Waals surface area contributed by atoms with Crippen LogP contribution in [-0.2, 0) is 33.9 Å². The van der Waals surface area contributed by atoms with Crippen LogP contribution in [0.15, 0.2) is 109 Å². The van der Waals surface area contributed by atoms with Crippen molar-refractivity contribution in [2.24, 2.45) is 0 Å². The van der Waals surface area contributed by atoms with Crippen LogP contribution in [-0.4, -0.2) is 116 Å². The van der Waals surface area contributed by atoms with Gasteiger partial charge < -0.3 is 29.2 Å². The van der Waals surface area contributed by atoms with Crippen LogP contribution in [0.25, 0.3) is 6.08 Å². The van der Waals surface area contributed by atoms with Gasteiger partial charge >= 0.3 is 6.61 Å². The Balaban J connectivity index is 1.23. The van der Waals surface area contributed by atoms with Crippen molar-refractivity contribution in [1.82, 2.24) is 19.6 Å². The molecule has 12 heteroatoms. The second-order valence-electron chi connectivity index (χ2n) is 14.8. The van der Waals surface area contributed by atoms with Crippen molar-refractivity contribution >= 4 is 35.2 Å². The maximum absolute atomic E-state index is 14.7. The lowest BCUT2D eigenvalue weighted by molar-refractivity contribution is -0.145. The second-order valence-corrected chi connectivity index (χ2v) is 14.8. The summed E-state index contributed by atoms with van der Waals surface area (Å²) in [4.78, 5) is 53.0. The topological polar surface area (TPSA) is 79.9 Å². The Kier molecular flexibility index (Phi) is 13.9. The van der Waals surface area contributed by atoms with Crippen molar-refractivity contribution in [2.75, 3.05) is 76.3 Å². The summed E-state index contributed by atoms with van der Waals surface area (Å²) in [5.74, 6) is -0.352. The number of anilines is 2. The first-order chi connectivity index (χ1) is 27.5. The number of hydrogen-bond acceptors (Lipinski definition) is 7. The summed E-state index contributed by atoms with van der Waals surface area (Å²) in [6.45, 7) is 4.91. The van der Waals surface area contributed by atoms with E-state index in [4.69, 9.17) is 0 Å². The summed E-state index contributed by atoms with van der Waals surface area (Å²) in [6, 6.07) is 31.6. The number of rotatable bonds is 14. The normalized spacial score (nSPS) is 15.5. The number of piperazine rings is 2. The molecule has 0 bridgehead atoms. The monoisotopic (exact) mass is 778 g/mol. The molecule has 0 aliphatic carbocycles. The molecule has 0 radical (unpaired) electrons. The molecule has 0 aromatic heterocycles. The van der Waals surface area contributed by atoms with Gasteiger partial charge in [0.15, 0.2) is 0 Å². The lowest BCUT2D eigenvalue weighted by atomic mass is 10.0. The number of ether oxygens (including phenoxy) is 1. The molecule has 0 N–H and O–H groups in total. The highest BCUT2D eigenvalue weighted by molar-refractivity contribution is 5.96. The van der Waals surface area contributed by atoms with Gasteiger partial charge in [-0.2, -0.15) is 8.78 Å². The summed E-state index contributed by atoms with van der Waals surface area (Å²) in [5.41, 5.74) is 5.82. The third-order valence-electron chi connectivity index (χ3n) is 10.7. The Morgan fingerprint density at radius 3 is 1.93 bits per heavy atom. The van der Waals surface area contributed by atoms with E-state index >= 15 is 0 Å². The average Bonchev–Trinajstić information content (AvgIpc) is 3.22. The maximum Gasteiger partial charge on any atom is 0.387 e. The fourth-order valence-electron chi connectivity index (χ4n) is 7.32. The maximum atomic E-state index is 14.7. The Labute approximate surface area is 334 Å². The Hall–Kier alpha value is -5.75. The van der Waals surface area contributed by atoms with Gasteiger partial charge in [0, 0.05) is 110 Å². The van der Waals surface area contributed by atoms with Crippen molar-refractivity contribution in [3.8, 4) is 5.75 Å². The van der Waals surface area contributed by atoms with E-state index in [2.05, 4.69) is 43.7 Å². The van der Waals surface area contributed by atoms with Crippen molar-refractivity contribution < 1.29 is 27.9 Å². The molecule has 2 aliphatic rings. The molecule has 57 heavy (non-hydrogen) atoms. The van der Waals surface area contributed by atoms with E-state index in [0.717, 1.165) is 42.1 Å². The van der Waals surface area contributed by atoms with Crippen molar-refractivity contribution in [3.05, 3.63) is 131 Å². The number of hydrogen-bond donors (Lipinski definition) is 0. The fourth-order valence-corrected chi connectivity index (χ4v) is 7.32. The lowest BCUT2D eigenvalue weighted by Crippen LogP contribution is -2.56. The minimum Gasteiger partial charge on any atom is -0.435 e. The first-order valence-electron chi connectivity index (χ1n) is 19.5. The van der Waals surface area contributed by atoms with Crippen LogP contribution in [0.4, 0.5) is 20.2 Å². The minimum absolute atomic E-state index is 0.0233. The Morgan fingerprint density at radius 2 is 1.33 bits per heavy atom. The molecule has 4 aromatic rings. The van der Waals surface area contributed by atoms with Crippen LogP contribution >= 0.6 is 0 Å². The van der Waals surface area contributed by atoms with E-state index in [1.165, 1.54) is 23.8 Å². The molecule has 0 saturated carbocycles. The molecule has 1 atom stereocenters. The number of carbonyl (C=O) groups is 3. The SMILES string of the molecule is CC(=O)N1CCN(c2ccc(CN(C(=O)C=Cc3ccc(OC(F)F)cc3)C(Cc3ccccc3)C(=O)N3CCN(Cc4ccc(N(C)C)cc4)CC3)cc2)CC1.